The van der Waals surface area contributed by atoms with Gasteiger partial charge in [0.2, 0.25) is 0 Å². The highest BCUT2D eigenvalue weighted by atomic mass is 16.5. The number of benzene rings is 3. The summed E-state index contributed by atoms with van der Waals surface area (Å²) in [7, 11) is 1.71. The summed E-state index contributed by atoms with van der Waals surface area (Å²) >= 11 is 0. The third-order valence-corrected chi connectivity index (χ3v) is 4.27. The Kier molecular flexibility index (Phi) is 5.91. The van der Waals surface area contributed by atoms with E-state index in [0.29, 0.717) is 0 Å². The van der Waals surface area contributed by atoms with E-state index in [-0.39, 0.29) is 0 Å². The number of para-hydroxylation sites is 1. The lowest BCUT2D eigenvalue weighted by molar-refractivity contribution is 0.314. The van der Waals surface area contributed by atoms with Gasteiger partial charge in [-0.2, -0.15) is 0 Å². The standard InChI is InChI=1S/C22H25NO2/c1-3-14-25-22-13-12-17-8-4-6-10-19(17)20(22)16-23-15-18-9-5-7-11-21(18)24-2/h4-13,23H,3,14-16H2,1-2H3. The van der Waals surface area contributed by atoms with E-state index in [0.717, 1.165) is 43.2 Å². The summed E-state index contributed by atoms with van der Waals surface area (Å²) < 4.78 is 11.4. The molecule has 25 heavy (non-hydrogen) atoms. The van der Waals surface area contributed by atoms with Crippen LogP contribution in [0.15, 0.2) is 60.7 Å². The molecular weight excluding hydrogens is 310 g/mol. The van der Waals surface area contributed by atoms with Crippen LogP contribution in [-0.2, 0) is 13.1 Å². The van der Waals surface area contributed by atoms with Gasteiger partial charge in [-0.3, -0.25) is 0 Å². The summed E-state index contributed by atoms with van der Waals surface area (Å²) in [4.78, 5) is 0. The predicted molar refractivity (Wildman–Crippen MR) is 103 cm³/mol. The van der Waals surface area contributed by atoms with E-state index in [1.165, 1.54) is 16.3 Å². The molecule has 3 heteroatoms. The average Bonchev–Trinajstić information content (AvgIpc) is 2.67. The van der Waals surface area contributed by atoms with E-state index in [4.69, 9.17) is 9.47 Å². The first-order valence-corrected chi connectivity index (χ1v) is 8.79. The molecule has 0 fully saturated rings. The first-order chi connectivity index (χ1) is 12.3. The van der Waals surface area contributed by atoms with Crippen LogP contribution in [0.3, 0.4) is 0 Å². The SMILES string of the molecule is CCCOc1ccc2ccccc2c1CNCc1ccccc1OC. The van der Waals surface area contributed by atoms with Gasteiger partial charge < -0.3 is 14.8 Å². The zero-order chi connectivity index (χ0) is 17.5. The molecule has 0 saturated heterocycles. The average molecular weight is 335 g/mol. The molecule has 0 unspecified atom stereocenters. The monoisotopic (exact) mass is 335 g/mol. The Labute approximate surface area is 149 Å². The smallest absolute Gasteiger partial charge is 0.124 e. The highest BCUT2D eigenvalue weighted by Crippen LogP contribution is 2.28. The van der Waals surface area contributed by atoms with Gasteiger partial charge >= 0.3 is 0 Å². The van der Waals surface area contributed by atoms with Crippen molar-refractivity contribution in [2.24, 2.45) is 0 Å². The third kappa shape index (κ3) is 4.12. The molecule has 3 aromatic rings. The maximum atomic E-state index is 5.98. The van der Waals surface area contributed by atoms with Crippen molar-refractivity contribution < 1.29 is 9.47 Å². The molecule has 1 N–H and O–H groups in total. The van der Waals surface area contributed by atoms with Gasteiger partial charge in [-0.1, -0.05) is 55.5 Å². The Balaban J connectivity index is 1.81. The molecule has 0 atom stereocenters. The molecule has 3 nitrogen and oxygen atoms in total. The molecule has 3 aromatic carbocycles. The Morgan fingerprint density at radius 1 is 0.840 bits per heavy atom. The minimum atomic E-state index is 0.734. The van der Waals surface area contributed by atoms with Crippen molar-refractivity contribution in [1.29, 1.82) is 0 Å². The zero-order valence-electron chi connectivity index (χ0n) is 14.9. The Bertz CT molecular complexity index is 829. The Hall–Kier alpha value is -2.52. The van der Waals surface area contributed by atoms with Crippen LogP contribution in [-0.4, -0.2) is 13.7 Å². The molecule has 0 saturated carbocycles. The van der Waals surface area contributed by atoms with E-state index in [2.05, 4.69) is 54.7 Å². The third-order valence-electron chi connectivity index (χ3n) is 4.27. The van der Waals surface area contributed by atoms with Crippen LogP contribution < -0.4 is 14.8 Å². The maximum absolute atomic E-state index is 5.98. The second-order valence-electron chi connectivity index (χ2n) is 6.03. The van der Waals surface area contributed by atoms with Crippen LogP contribution in [0.2, 0.25) is 0 Å². The van der Waals surface area contributed by atoms with E-state index >= 15 is 0 Å². The van der Waals surface area contributed by atoms with E-state index in [1.807, 2.05) is 18.2 Å². The molecule has 130 valence electrons. The number of hydrogen-bond acceptors (Lipinski definition) is 3. The van der Waals surface area contributed by atoms with Gasteiger partial charge in [0, 0.05) is 24.2 Å². The highest BCUT2D eigenvalue weighted by Gasteiger charge is 2.09. The van der Waals surface area contributed by atoms with Gasteiger partial charge in [-0.15, -0.1) is 0 Å². The van der Waals surface area contributed by atoms with Gasteiger partial charge in [-0.25, -0.2) is 0 Å². The molecule has 3 rings (SSSR count). The first kappa shape index (κ1) is 17.3. The molecule has 0 spiro atoms. The van der Waals surface area contributed by atoms with Gasteiger partial charge in [-0.05, 0) is 29.3 Å². The summed E-state index contributed by atoms with van der Waals surface area (Å²) in [6, 6.07) is 20.8. The summed E-state index contributed by atoms with van der Waals surface area (Å²) in [6.45, 7) is 4.36. The molecule has 0 heterocycles. The summed E-state index contributed by atoms with van der Waals surface area (Å²) in [5, 5.41) is 6.02. The number of rotatable bonds is 8. The van der Waals surface area contributed by atoms with Crippen molar-refractivity contribution in [2.45, 2.75) is 26.4 Å². The van der Waals surface area contributed by atoms with Gasteiger partial charge in [0.25, 0.3) is 0 Å². The number of hydrogen-bond donors (Lipinski definition) is 1. The fourth-order valence-corrected chi connectivity index (χ4v) is 3.02. The lowest BCUT2D eigenvalue weighted by atomic mass is 10.0. The van der Waals surface area contributed by atoms with Gasteiger partial charge in [0.1, 0.15) is 11.5 Å². The van der Waals surface area contributed by atoms with Crippen molar-refractivity contribution in [3.63, 3.8) is 0 Å². The fourth-order valence-electron chi connectivity index (χ4n) is 3.02. The van der Waals surface area contributed by atoms with Crippen molar-refractivity contribution in [1.82, 2.24) is 5.32 Å². The largest absolute Gasteiger partial charge is 0.496 e. The summed E-state index contributed by atoms with van der Waals surface area (Å²) in [6.07, 6.45) is 1.00. The van der Waals surface area contributed by atoms with E-state index in [1.54, 1.807) is 7.11 Å². The molecule has 0 aromatic heterocycles. The highest BCUT2D eigenvalue weighted by molar-refractivity contribution is 5.87. The molecule has 0 aliphatic carbocycles. The van der Waals surface area contributed by atoms with Crippen LogP contribution in [0.5, 0.6) is 11.5 Å². The van der Waals surface area contributed by atoms with Crippen molar-refractivity contribution in [3.8, 4) is 11.5 Å². The van der Waals surface area contributed by atoms with E-state index < -0.39 is 0 Å². The van der Waals surface area contributed by atoms with Crippen LogP contribution in [0.25, 0.3) is 10.8 Å². The van der Waals surface area contributed by atoms with Crippen LogP contribution in [0.4, 0.5) is 0 Å². The quantitative estimate of drug-likeness (QED) is 0.633. The minimum absolute atomic E-state index is 0.734. The first-order valence-electron chi connectivity index (χ1n) is 8.79. The van der Waals surface area contributed by atoms with Crippen molar-refractivity contribution in [3.05, 3.63) is 71.8 Å². The number of nitrogens with one attached hydrogen (secondary N) is 1. The summed E-state index contributed by atoms with van der Waals surface area (Å²) in [5.41, 5.74) is 2.36. The topological polar surface area (TPSA) is 30.5 Å². The fraction of sp³-hybridized carbons (Fsp3) is 0.273. The normalized spacial score (nSPS) is 10.8. The predicted octanol–water partition coefficient (Wildman–Crippen LogP) is 4.93. The summed E-state index contributed by atoms with van der Waals surface area (Å²) in [5.74, 6) is 1.88. The second kappa shape index (κ2) is 8.54. The Morgan fingerprint density at radius 3 is 2.48 bits per heavy atom. The molecule has 0 amide bonds. The van der Waals surface area contributed by atoms with Crippen molar-refractivity contribution in [2.75, 3.05) is 13.7 Å². The zero-order valence-corrected chi connectivity index (χ0v) is 14.9. The van der Waals surface area contributed by atoms with Crippen LogP contribution >= 0.6 is 0 Å². The molecule has 0 aliphatic heterocycles. The van der Waals surface area contributed by atoms with Gasteiger partial charge in [0.15, 0.2) is 0 Å². The lowest BCUT2D eigenvalue weighted by Crippen LogP contribution is -2.15. The maximum Gasteiger partial charge on any atom is 0.124 e. The number of fused-ring (bicyclic) bond motifs is 1. The second-order valence-corrected chi connectivity index (χ2v) is 6.03. The number of ether oxygens (including phenoxy) is 2. The lowest BCUT2D eigenvalue weighted by Gasteiger charge is -2.15. The van der Waals surface area contributed by atoms with Crippen LogP contribution in [0.1, 0.15) is 24.5 Å². The van der Waals surface area contributed by atoms with E-state index in [9.17, 15) is 0 Å². The molecule has 0 aliphatic rings. The van der Waals surface area contributed by atoms with Crippen LogP contribution in [0, 0.1) is 0 Å². The van der Waals surface area contributed by atoms with Crippen molar-refractivity contribution >= 4 is 10.8 Å². The molecule has 0 bridgehead atoms. The molecule has 0 radical (unpaired) electrons. The minimum Gasteiger partial charge on any atom is -0.496 e. The number of methoxy groups -OCH3 is 1. The molecular formula is C22H25NO2. The van der Waals surface area contributed by atoms with Gasteiger partial charge in [0.05, 0.1) is 13.7 Å². The Morgan fingerprint density at radius 2 is 1.64 bits per heavy atom.